The standard InChI is InChI=1S/C14H15BrN2O2.C13H11BrN2O3/c1-14(2,19)8-5-12-16-11-6-9(15)3-4-10(11)13(18)17(12)7-8;1-19-13(18)7-4-11-15-10-5-8(14)2-3-9(10)12(17)16(11)6-7/h3-4,6,8,19H,5,7H2,1-2H3;2-3,5,7H,4,6H2,1H3. The number of carbonyl (C=O) groups excluding carboxylic acids is 1. The first-order valence-corrected chi connectivity index (χ1v) is 13.7. The molecule has 2 aliphatic heterocycles. The molecule has 0 saturated heterocycles. The Morgan fingerprint density at radius 2 is 1.42 bits per heavy atom. The van der Waals surface area contributed by atoms with Crippen LogP contribution in [-0.4, -0.2) is 42.9 Å². The zero-order chi connectivity index (χ0) is 27.4. The summed E-state index contributed by atoms with van der Waals surface area (Å²) in [5.41, 5.74) is 0.448. The molecule has 6 rings (SSSR count). The molecule has 2 atom stereocenters. The third-order valence-corrected chi connectivity index (χ3v) is 8.18. The third kappa shape index (κ3) is 4.94. The van der Waals surface area contributed by atoms with Gasteiger partial charge in [0.05, 0.1) is 40.4 Å². The molecular formula is C27H26Br2N4O5. The predicted molar refractivity (Wildman–Crippen MR) is 150 cm³/mol. The number of nitrogens with zero attached hydrogens (tertiary/aromatic N) is 4. The number of halogens is 2. The van der Waals surface area contributed by atoms with Crippen molar-refractivity contribution in [3.8, 4) is 0 Å². The fourth-order valence-electron chi connectivity index (χ4n) is 4.98. The van der Waals surface area contributed by atoms with E-state index in [0.717, 1.165) is 14.8 Å². The molecule has 2 aromatic heterocycles. The van der Waals surface area contributed by atoms with E-state index in [4.69, 9.17) is 4.74 Å². The van der Waals surface area contributed by atoms with Crippen LogP contribution in [0.5, 0.6) is 0 Å². The summed E-state index contributed by atoms with van der Waals surface area (Å²) >= 11 is 6.75. The SMILES string of the molecule is CC(C)(O)C1Cc2nc3cc(Br)ccc3c(=O)n2C1.COC(=O)C1Cc2nc3cc(Br)ccc3c(=O)n2C1. The summed E-state index contributed by atoms with van der Waals surface area (Å²) in [5.74, 6) is 0.835. The Morgan fingerprint density at radius 3 is 1.92 bits per heavy atom. The van der Waals surface area contributed by atoms with E-state index < -0.39 is 5.60 Å². The summed E-state index contributed by atoms with van der Waals surface area (Å²) in [6, 6.07) is 10.9. The maximum Gasteiger partial charge on any atom is 0.310 e. The van der Waals surface area contributed by atoms with Crippen molar-refractivity contribution < 1.29 is 14.6 Å². The van der Waals surface area contributed by atoms with Gasteiger partial charge < -0.3 is 9.84 Å². The summed E-state index contributed by atoms with van der Waals surface area (Å²) in [6.45, 7) is 4.45. The van der Waals surface area contributed by atoms with Gasteiger partial charge in [0, 0.05) is 40.8 Å². The van der Waals surface area contributed by atoms with Gasteiger partial charge in [-0.1, -0.05) is 31.9 Å². The van der Waals surface area contributed by atoms with E-state index in [9.17, 15) is 19.5 Å². The van der Waals surface area contributed by atoms with Gasteiger partial charge >= 0.3 is 5.97 Å². The molecule has 0 bridgehead atoms. The molecule has 198 valence electrons. The monoisotopic (exact) mass is 644 g/mol. The number of carbonyl (C=O) groups is 1. The first-order valence-electron chi connectivity index (χ1n) is 12.1. The Hall–Kier alpha value is -2.89. The van der Waals surface area contributed by atoms with Crippen molar-refractivity contribution in [2.75, 3.05) is 7.11 Å². The minimum Gasteiger partial charge on any atom is -0.469 e. The fraction of sp³-hybridized carbons (Fsp3) is 0.370. The van der Waals surface area contributed by atoms with Crippen molar-refractivity contribution in [2.45, 2.75) is 45.4 Å². The molecule has 1 N–H and O–H groups in total. The molecule has 0 saturated carbocycles. The minimum atomic E-state index is -0.799. The normalized spacial score (nSPS) is 18.2. The fourth-order valence-corrected chi connectivity index (χ4v) is 5.67. The number of rotatable bonds is 2. The van der Waals surface area contributed by atoms with Crippen LogP contribution in [0.2, 0.25) is 0 Å². The molecule has 0 fully saturated rings. The molecule has 0 spiro atoms. The molecular weight excluding hydrogens is 620 g/mol. The first kappa shape index (κ1) is 26.7. The lowest BCUT2D eigenvalue weighted by molar-refractivity contribution is -0.145. The van der Waals surface area contributed by atoms with Crippen LogP contribution < -0.4 is 11.1 Å². The molecule has 0 aliphatic carbocycles. The van der Waals surface area contributed by atoms with Crippen LogP contribution in [-0.2, 0) is 35.5 Å². The summed E-state index contributed by atoms with van der Waals surface area (Å²) in [7, 11) is 1.36. The molecule has 38 heavy (non-hydrogen) atoms. The van der Waals surface area contributed by atoms with E-state index in [-0.39, 0.29) is 28.9 Å². The lowest BCUT2D eigenvalue weighted by Gasteiger charge is -2.23. The highest BCUT2D eigenvalue weighted by Crippen LogP contribution is 2.28. The number of aromatic nitrogens is 4. The van der Waals surface area contributed by atoms with Gasteiger partial charge in [0.25, 0.3) is 11.1 Å². The lowest BCUT2D eigenvalue weighted by Crippen LogP contribution is -2.32. The Bertz CT molecular complexity index is 1710. The number of esters is 1. The molecule has 11 heteroatoms. The Kier molecular flexibility index (Phi) is 7.04. The number of aliphatic hydroxyl groups is 1. The van der Waals surface area contributed by atoms with E-state index >= 15 is 0 Å². The zero-order valence-corrected chi connectivity index (χ0v) is 24.2. The van der Waals surface area contributed by atoms with Crippen LogP contribution in [0.4, 0.5) is 0 Å². The average Bonchev–Trinajstić information content (AvgIpc) is 3.49. The van der Waals surface area contributed by atoms with Crippen molar-refractivity contribution in [3.63, 3.8) is 0 Å². The van der Waals surface area contributed by atoms with Crippen molar-refractivity contribution in [1.82, 2.24) is 19.1 Å². The second-order valence-corrected chi connectivity index (χ2v) is 12.0. The van der Waals surface area contributed by atoms with Crippen LogP contribution >= 0.6 is 31.9 Å². The van der Waals surface area contributed by atoms with Crippen LogP contribution in [0.1, 0.15) is 25.5 Å². The number of ether oxygens (including phenoxy) is 1. The van der Waals surface area contributed by atoms with Crippen LogP contribution in [0, 0.1) is 11.8 Å². The van der Waals surface area contributed by atoms with Crippen molar-refractivity contribution in [3.05, 3.63) is 77.7 Å². The van der Waals surface area contributed by atoms with Gasteiger partial charge in [-0.05, 0) is 50.2 Å². The number of methoxy groups -OCH3 is 1. The van der Waals surface area contributed by atoms with Crippen LogP contribution in [0.25, 0.3) is 21.8 Å². The number of hydrogen-bond donors (Lipinski definition) is 1. The molecule has 4 aromatic rings. The minimum absolute atomic E-state index is 0.0146. The maximum atomic E-state index is 12.4. The highest BCUT2D eigenvalue weighted by molar-refractivity contribution is 9.10. The largest absolute Gasteiger partial charge is 0.469 e. The van der Waals surface area contributed by atoms with Gasteiger partial charge in [0.1, 0.15) is 11.6 Å². The van der Waals surface area contributed by atoms with E-state index in [1.54, 1.807) is 35.1 Å². The first-order chi connectivity index (χ1) is 18.0. The Balaban J connectivity index is 0.000000155. The molecule has 2 aliphatic rings. The van der Waals surface area contributed by atoms with Crippen molar-refractivity contribution in [1.29, 1.82) is 0 Å². The van der Waals surface area contributed by atoms with E-state index in [1.807, 2.05) is 24.3 Å². The zero-order valence-electron chi connectivity index (χ0n) is 21.1. The topological polar surface area (TPSA) is 116 Å². The van der Waals surface area contributed by atoms with Gasteiger partial charge in [-0.15, -0.1) is 0 Å². The predicted octanol–water partition coefficient (Wildman–Crippen LogP) is 3.61. The molecule has 0 radical (unpaired) electrons. The van der Waals surface area contributed by atoms with Gasteiger partial charge in [-0.2, -0.15) is 0 Å². The Morgan fingerprint density at radius 1 is 0.921 bits per heavy atom. The van der Waals surface area contributed by atoms with E-state index in [2.05, 4.69) is 41.8 Å². The second-order valence-electron chi connectivity index (χ2n) is 10.2. The highest BCUT2D eigenvalue weighted by atomic mass is 79.9. The number of hydrogen-bond acceptors (Lipinski definition) is 7. The Labute approximate surface area is 234 Å². The molecule has 2 unspecified atom stereocenters. The van der Waals surface area contributed by atoms with Crippen molar-refractivity contribution in [2.24, 2.45) is 11.8 Å². The summed E-state index contributed by atoms with van der Waals surface area (Å²) in [5, 5.41) is 11.3. The van der Waals surface area contributed by atoms with Gasteiger partial charge in [0.2, 0.25) is 0 Å². The summed E-state index contributed by atoms with van der Waals surface area (Å²) < 4.78 is 9.78. The maximum absolute atomic E-state index is 12.4. The number of fused-ring (bicyclic) bond motifs is 4. The molecule has 9 nitrogen and oxygen atoms in total. The average molecular weight is 646 g/mol. The van der Waals surface area contributed by atoms with E-state index in [0.29, 0.717) is 53.6 Å². The van der Waals surface area contributed by atoms with Crippen LogP contribution in [0.15, 0.2) is 54.9 Å². The second kappa shape index (κ2) is 10.0. The molecule has 4 heterocycles. The quantitative estimate of drug-likeness (QED) is 0.331. The van der Waals surface area contributed by atoms with E-state index in [1.165, 1.54) is 7.11 Å². The lowest BCUT2D eigenvalue weighted by atomic mass is 9.90. The summed E-state index contributed by atoms with van der Waals surface area (Å²) in [6.07, 6.45) is 1.09. The number of benzene rings is 2. The van der Waals surface area contributed by atoms with Gasteiger partial charge in [-0.25, -0.2) is 9.97 Å². The summed E-state index contributed by atoms with van der Waals surface area (Å²) in [4.78, 5) is 45.4. The smallest absolute Gasteiger partial charge is 0.310 e. The van der Waals surface area contributed by atoms with Crippen LogP contribution in [0.3, 0.4) is 0 Å². The third-order valence-electron chi connectivity index (χ3n) is 7.19. The van der Waals surface area contributed by atoms with Gasteiger partial charge in [0.15, 0.2) is 0 Å². The molecule has 2 aromatic carbocycles. The van der Waals surface area contributed by atoms with Gasteiger partial charge in [-0.3, -0.25) is 23.5 Å². The van der Waals surface area contributed by atoms with Crippen molar-refractivity contribution >= 4 is 59.6 Å². The highest BCUT2D eigenvalue weighted by Gasteiger charge is 2.34. The molecule has 0 amide bonds.